The quantitative estimate of drug-likeness (QED) is 0.625. The van der Waals surface area contributed by atoms with Crippen molar-refractivity contribution >= 4 is 11.8 Å². The first-order valence-corrected chi connectivity index (χ1v) is 5.03. The van der Waals surface area contributed by atoms with Gasteiger partial charge in [-0.3, -0.25) is 9.59 Å². The van der Waals surface area contributed by atoms with Crippen LogP contribution < -0.4 is 0 Å². The third kappa shape index (κ3) is 1.72. The van der Waals surface area contributed by atoms with Gasteiger partial charge in [0.2, 0.25) is 0 Å². The molecule has 0 amide bonds. The van der Waals surface area contributed by atoms with Gasteiger partial charge in [0.05, 0.1) is 13.0 Å². The van der Waals surface area contributed by atoms with Crippen molar-refractivity contribution in [3.8, 4) is 0 Å². The number of hydrogen-bond donors (Lipinski definition) is 0. The molecule has 2 atom stereocenters. The number of esters is 1. The molecule has 0 unspecified atom stereocenters. The summed E-state index contributed by atoms with van der Waals surface area (Å²) in [7, 11) is 1.41. The van der Waals surface area contributed by atoms with Crippen molar-refractivity contribution in [1.82, 2.24) is 0 Å². The molecule has 3 nitrogen and oxygen atoms in total. The third-order valence-corrected chi connectivity index (χ3v) is 3.01. The predicted molar refractivity (Wildman–Crippen MR) is 50.6 cm³/mol. The van der Waals surface area contributed by atoms with E-state index in [0.717, 1.165) is 24.8 Å². The predicted octanol–water partition coefficient (Wildman–Crippen LogP) is 1.47. The van der Waals surface area contributed by atoms with Crippen LogP contribution in [0.25, 0.3) is 0 Å². The number of allylic oxidation sites excluding steroid dienone is 2. The number of carbonyl (C=O) groups is 2. The van der Waals surface area contributed by atoms with E-state index in [2.05, 4.69) is 4.74 Å². The Bertz CT molecular complexity index is 304. The lowest BCUT2D eigenvalue weighted by atomic mass is 9.94. The second-order valence-electron chi connectivity index (χ2n) is 4.01. The lowest BCUT2D eigenvalue weighted by Gasteiger charge is -2.10. The van der Waals surface area contributed by atoms with E-state index in [0.29, 0.717) is 12.3 Å². The molecule has 0 aromatic heterocycles. The van der Waals surface area contributed by atoms with E-state index < -0.39 is 0 Å². The SMILES string of the molecule is COC(=O)[C@H]1C[C@H]1C1=CC(=O)CCC1. The van der Waals surface area contributed by atoms with Crippen LogP contribution in [0.3, 0.4) is 0 Å². The highest BCUT2D eigenvalue weighted by atomic mass is 16.5. The number of carbonyl (C=O) groups excluding carboxylic acids is 2. The van der Waals surface area contributed by atoms with Crippen LogP contribution in [0.2, 0.25) is 0 Å². The molecule has 1 fully saturated rings. The molecule has 76 valence electrons. The second kappa shape index (κ2) is 3.56. The standard InChI is InChI=1S/C11H14O3/c1-14-11(13)10-6-9(10)7-3-2-4-8(12)5-7/h5,9-10H,2-4,6H2,1H3/t9-,10-/m0/s1. The average molecular weight is 194 g/mol. The first kappa shape index (κ1) is 9.44. The Morgan fingerprint density at radius 1 is 1.50 bits per heavy atom. The largest absolute Gasteiger partial charge is 0.469 e. The van der Waals surface area contributed by atoms with Gasteiger partial charge in [-0.05, 0) is 31.3 Å². The van der Waals surface area contributed by atoms with Crippen molar-refractivity contribution in [2.75, 3.05) is 7.11 Å². The maximum Gasteiger partial charge on any atom is 0.309 e. The number of hydrogen-bond acceptors (Lipinski definition) is 3. The Morgan fingerprint density at radius 2 is 2.29 bits per heavy atom. The molecule has 0 aromatic rings. The van der Waals surface area contributed by atoms with Crippen molar-refractivity contribution in [1.29, 1.82) is 0 Å². The topological polar surface area (TPSA) is 43.4 Å². The Kier molecular flexibility index (Phi) is 2.40. The maximum atomic E-state index is 11.2. The van der Waals surface area contributed by atoms with Gasteiger partial charge in [0.25, 0.3) is 0 Å². The molecule has 2 aliphatic rings. The van der Waals surface area contributed by atoms with Gasteiger partial charge >= 0.3 is 5.97 Å². The van der Waals surface area contributed by atoms with Crippen LogP contribution in [0.5, 0.6) is 0 Å². The first-order chi connectivity index (χ1) is 6.72. The van der Waals surface area contributed by atoms with Gasteiger partial charge in [-0.2, -0.15) is 0 Å². The van der Waals surface area contributed by atoms with Crippen LogP contribution in [0.4, 0.5) is 0 Å². The second-order valence-corrected chi connectivity index (χ2v) is 4.01. The Labute approximate surface area is 83.1 Å². The summed E-state index contributed by atoms with van der Waals surface area (Å²) in [5.41, 5.74) is 1.16. The molecule has 2 aliphatic carbocycles. The van der Waals surface area contributed by atoms with Gasteiger partial charge < -0.3 is 4.74 Å². The minimum atomic E-state index is -0.131. The normalized spacial score (nSPS) is 30.9. The fourth-order valence-electron chi connectivity index (χ4n) is 2.13. The molecule has 0 N–H and O–H groups in total. The number of rotatable bonds is 2. The van der Waals surface area contributed by atoms with Crippen molar-refractivity contribution in [2.24, 2.45) is 11.8 Å². The molecule has 0 heterocycles. The molecule has 1 saturated carbocycles. The van der Waals surface area contributed by atoms with Gasteiger partial charge in [0, 0.05) is 6.42 Å². The van der Waals surface area contributed by atoms with Gasteiger partial charge in [-0.1, -0.05) is 5.57 Å². The molecule has 14 heavy (non-hydrogen) atoms. The van der Waals surface area contributed by atoms with Crippen LogP contribution in [0.15, 0.2) is 11.6 Å². The third-order valence-electron chi connectivity index (χ3n) is 3.01. The van der Waals surface area contributed by atoms with Crippen molar-refractivity contribution in [3.63, 3.8) is 0 Å². The maximum absolute atomic E-state index is 11.2. The van der Waals surface area contributed by atoms with Gasteiger partial charge in [0.1, 0.15) is 0 Å². The fraction of sp³-hybridized carbons (Fsp3) is 0.636. The van der Waals surface area contributed by atoms with Crippen LogP contribution in [0.1, 0.15) is 25.7 Å². The smallest absolute Gasteiger partial charge is 0.309 e. The first-order valence-electron chi connectivity index (χ1n) is 5.03. The monoisotopic (exact) mass is 194 g/mol. The van der Waals surface area contributed by atoms with E-state index in [1.54, 1.807) is 6.08 Å². The van der Waals surface area contributed by atoms with Crippen molar-refractivity contribution in [3.05, 3.63) is 11.6 Å². The van der Waals surface area contributed by atoms with Crippen LogP contribution in [-0.2, 0) is 14.3 Å². The zero-order valence-corrected chi connectivity index (χ0v) is 8.29. The van der Waals surface area contributed by atoms with Gasteiger partial charge in [-0.25, -0.2) is 0 Å². The van der Waals surface area contributed by atoms with E-state index in [1.165, 1.54) is 7.11 Å². The highest BCUT2D eigenvalue weighted by Gasteiger charge is 2.46. The van der Waals surface area contributed by atoms with Gasteiger partial charge in [-0.15, -0.1) is 0 Å². The molecule has 0 bridgehead atoms. The van der Waals surface area contributed by atoms with E-state index in [4.69, 9.17) is 0 Å². The lowest BCUT2D eigenvalue weighted by molar-refractivity contribution is -0.142. The molecule has 0 aliphatic heterocycles. The molecule has 0 aromatic carbocycles. The fourth-order valence-corrected chi connectivity index (χ4v) is 2.13. The minimum Gasteiger partial charge on any atom is -0.469 e. The molecule has 3 heteroatoms. The zero-order chi connectivity index (χ0) is 10.1. The average Bonchev–Trinajstić information content (AvgIpc) is 2.96. The number of ether oxygens (including phenoxy) is 1. The zero-order valence-electron chi connectivity index (χ0n) is 8.29. The van der Waals surface area contributed by atoms with Gasteiger partial charge in [0.15, 0.2) is 5.78 Å². The summed E-state index contributed by atoms with van der Waals surface area (Å²) in [6.45, 7) is 0. The summed E-state index contributed by atoms with van der Waals surface area (Å²) in [5.74, 6) is 0.402. The molecule has 0 radical (unpaired) electrons. The number of ketones is 1. The molecular formula is C11H14O3. The molecule has 0 saturated heterocycles. The van der Waals surface area contributed by atoms with E-state index in [1.807, 2.05) is 0 Å². The van der Waals surface area contributed by atoms with Crippen molar-refractivity contribution in [2.45, 2.75) is 25.7 Å². The summed E-state index contributed by atoms with van der Waals surface area (Å²) in [6.07, 6.45) is 5.18. The summed E-state index contributed by atoms with van der Waals surface area (Å²) in [6, 6.07) is 0. The Hall–Kier alpha value is -1.12. The summed E-state index contributed by atoms with van der Waals surface area (Å²) < 4.78 is 4.67. The highest BCUT2D eigenvalue weighted by Crippen LogP contribution is 2.47. The summed E-state index contributed by atoms with van der Waals surface area (Å²) in [5, 5.41) is 0. The Balaban J connectivity index is 1.99. The molecule has 0 spiro atoms. The van der Waals surface area contributed by atoms with Crippen LogP contribution in [0, 0.1) is 11.8 Å². The lowest BCUT2D eigenvalue weighted by Crippen LogP contribution is -2.08. The highest BCUT2D eigenvalue weighted by molar-refractivity contribution is 5.91. The van der Waals surface area contributed by atoms with E-state index in [9.17, 15) is 9.59 Å². The van der Waals surface area contributed by atoms with Crippen LogP contribution in [-0.4, -0.2) is 18.9 Å². The number of methoxy groups -OCH3 is 1. The molecular weight excluding hydrogens is 180 g/mol. The van der Waals surface area contributed by atoms with E-state index in [-0.39, 0.29) is 17.7 Å². The Morgan fingerprint density at radius 3 is 2.93 bits per heavy atom. The minimum absolute atomic E-state index is 0.0251. The molecule has 2 rings (SSSR count). The summed E-state index contributed by atoms with van der Waals surface area (Å²) in [4.78, 5) is 22.3. The van der Waals surface area contributed by atoms with Crippen LogP contribution >= 0.6 is 0 Å². The summed E-state index contributed by atoms with van der Waals surface area (Å²) >= 11 is 0. The van der Waals surface area contributed by atoms with Crippen molar-refractivity contribution < 1.29 is 14.3 Å². The van der Waals surface area contributed by atoms with E-state index >= 15 is 0 Å².